The van der Waals surface area contributed by atoms with Gasteiger partial charge in [-0.25, -0.2) is 0 Å². The Labute approximate surface area is 345 Å². The number of nitrogens with two attached hydrogens (primary N) is 2. The number of carbonyl (C=O) groups is 2. The Morgan fingerprint density at radius 2 is 0.759 bits per heavy atom. The van der Waals surface area contributed by atoms with Crippen LogP contribution < -0.4 is 21.3 Å². The largest absolute Gasteiger partial charge is 0.397 e. The molecule has 0 saturated heterocycles. The van der Waals surface area contributed by atoms with Crippen molar-refractivity contribution in [1.82, 2.24) is 0 Å². The molecule has 8 aromatic carbocycles. The number of fused-ring (bicyclic) bond motifs is 4. The second kappa shape index (κ2) is 15.1. The van der Waals surface area contributed by atoms with Crippen LogP contribution >= 0.6 is 23.2 Å². The van der Waals surface area contributed by atoms with E-state index in [1.165, 1.54) is 10.8 Å². The number of anilines is 4. The van der Waals surface area contributed by atoms with E-state index in [0.717, 1.165) is 44.4 Å². The zero-order valence-corrected chi connectivity index (χ0v) is 32.5. The number of amides is 2. The second-order valence-electron chi connectivity index (χ2n) is 14.1. The zero-order chi connectivity index (χ0) is 39.9. The number of carbonyl (C=O) groups excluding carboxylic acids is 2. The van der Waals surface area contributed by atoms with Gasteiger partial charge in [0.25, 0.3) is 11.8 Å². The summed E-state index contributed by atoms with van der Waals surface area (Å²) in [7, 11) is 0. The molecule has 4 N–H and O–H groups in total. The molecule has 0 bridgehead atoms. The van der Waals surface area contributed by atoms with Crippen molar-refractivity contribution < 1.29 is 9.59 Å². The number of nitrogen functional groups attached to an aromatic ring is 2. The Morgan fingerprint density at radius 3 is 1.17 bits per heavy atom. The van der Waals surface area contributed by atoms with E-state index in [1.54, 1.807) is 46.2 Å². The normalized spacial score (nSPS) is 14.6. The van der Waals surface area contributed by atoms with Gasteiger partial charge in [0.05, 0.1) is 34.1 Å². The first-order chi connectivity index (χ1) is 28.2. The highest BCUT2D eigenvalue weighted by molar-refractivity contribution is 6.33. The number of benzene rings is 8. The maximum absolute atomic E-state index is 13.3. The minimum atomic E-state index is -0.110. The van der Waals surface area contributed by atoms with Crippen LogP contribution in [-0.4, -0.2) is 11.8 Å². The van der Waals surface area contributed by atoms with E-state index in [-0.39, 0.29) is 11.8 Å². The van der Waals surface area contributed by atoms with Crippen molar-refractivity contribution in [2.45, 2.75) is 0 Å². The average Bonchev–Trinajstić information content (AvgIpc) is 3.68. The minimum Gasteiger partial charge on any atom is -0.397 e. The van der Waals surface area contributed by atoms with Crippen LogP contribution in [-0.2, 0) is 0 Å². The molecular weight excluding hydrogens is 759 g/mol. The Morgan fingerprint density at radius 1 is 0.397 bits per heavy atom. The molecule has 0 aliphatic carbocycles. The Bertz CT molecular complexity index is 2820. The molecule has 0 spiro atoms. The predicted octanol–water partition coefficient (Wildman–Crippen LogP) is 12.5. The number of halogens is 2. The lowest BCUT2D eigenvalue weighted by Crippen LogP contribution is -2.23. The highest BCUT2D eigenvalue weighted by Gasteiger charge is 2.35. The molecule has 2 amide bonds. The van der Waals surface area contributed by atoms with Gasteiger partial charge in [0.1, 0.15) is 0 Å². The van der Waals surface area contributed by atoms with Crippen molar-refractivity contribution in [3.63, 3.8) is 0 Å². The molecule has 0 saturated carbocycles. The van der Waals surface area contributed by atoms with Gasteiger partial charge in [0, 0.05) is 32.3 Å². The monoisotopic (exact) mass is 792 g/mol. The third-order valence-electron chi connectivity index (χ3n) is 10.4. The molecule has 0 fully saturated rings. The molecule has 8 heteroatoms. The molecule has 0 atom stereocenters. The van der Waals surface area contributed by atoms with Crippen LogP contribution in [0.4, 0.5) is 22.7 Å². The van der Waals surface area contributed by atoms with Crippen LogP contribution in [0.3, 0.4) is 0 Å². The second-order valence-corrected chi connectivity index (χ2v) is 14.9. The van der Waals surface area contributed by atoms with Crippen molar-refractivity contribution in [2.24, 2.45) is 0 Å². The summed E-state index contributed by atoms with van der Waals surface area (Å²) in [4.78, 5) is 29.8. The van der Waals surface area contributed by atoms with Gasteiger partial charge in [-0.2, -0.15) is 0 Å². The lowest BCUT2D eigenvalue weighted by Gasteiger charge is -2.21. The van der Waals surface area contributed by atoms with Gasteiger partial charge in [-0.05, 0) is 105 Å². The summed E-state index contributed by atoms with van der Waals surface area (Å²) in [6, 6.07) is 54.5. The predicted molar refractivity (Wildman–Crippen MR) is 242 cm³/mol. The van der Waals surface area contributed by atoms with Crippen LogP contribution in [0.2, 0.25) is 10.0 Å². The molecule has 0 unspecified atom stereocenters. The first-order valence-corrected chi connectivity index (χ1v) is 19.4. The fourth-order valence-electron chi connectivity index (χ4n) is 7.58. The summed E-state index contributed by atoms with van der Waals surface area (Å²) in [5, 5.41) is 5.70. The van der Waals surface area contributed by atoms with Crippen molar-refractivity contribution in [3.05, 3.63) is 213 Å². The molecule has 280 valence electrons. The van der Waals surface area contributed by atoms with Crippen LogP contribution in [0.1, 0.15) is 43.0 Å². The molecule has 0 radical (unpaired) electrons. The van der Waals surface area contributed by atoms with Gasteiger partial charge in [0.15, 0.2) is 0 Å². The molecule has 2 aliphatic rings. The van der Waals surface area contributed by atoms with Gasteiger partial charge in [-0.15, -0.1) is 0 Å². The van der Waals surface area contributed by atoms with Gasteiger partial charge in [-0.3, -0.25) is 19.4 Å². The number of hydrogen-bond acceptors (Lipinski definition) is 4. The van der Waals surface area contributed by atoms with Crippen LogP contribution in [0.25, 0.3) is 45.1 Å². The first-order valence-electron chi connectivity index (χ1n) is 18.6. The van der Waals surface area contributed by atoms with E-state index in [1.807, 2.05) is 84.9 Å². The first kappa shape index (κ1) is 36.5. The summed E-state index contributed by atoms with van der Waals surface area (Å²) >= 11 is 12.4. The standard InChI is InChI=1S/2C25H17ClN2O/c2*26-19-11-12-22(27)24(15-19)28-23(20-7-3-4-8-21(20)25(28)29)14-16-9-10-17-5-1-2-6-18(17)13-16/h2*1-15H,27H2/b23-14+;23-14-. The molecule has 10 rings (SSSR count). The average molecular weight is 794 g/mol. The summed E-state index contributed by atoms with van der Waals surface area (Å²) < 4.78 is 0. The van der Waals surface area contributed by atoms with Crippen LogP contribution in [0, 0.1) is 0 Å². The fraction of sp³-hybridized carbons (Fsp3) is 0. The third-order valence-corrected chi connectivity index (χ3v) is 10.8. The van der Waals surface area contributed by atoms with E-state index >= 15 is 0 Å². The van der Waals surface area contributed by atoms with E-state index < -0.39 is 0 Å². The third kappa shape index (κ3) is 6.75. The molecule has 58 heavy (non-hydrogen) atoms. The highest BCUT2D eigenvalue weighted by atomic mass is 35.5. The van der Waals surface area contributed by atoms with Gasteiger partial charge in [-0.1, -0.05) is 132 Å². The summed E-state index contributed by atoms with van der Waals surface area (Å²) in [6.45, 7) is 0. The molecule has 2 heterocycles. The quantitative estimate of drug-likeness (QED) is 0.174. The van der Waals surface area contributed by atoms with Crippen LogP contribution in [0.15, 0.2) is 170 Å². The maximum Gasteiger partial charge on any atom is 0.263 e. The molecule has 2 aliphatic heterocycles. The minimum absolute atomic E-state index is 0.110. The van der Waals surface area contributed by atoms with Crippen LogP contribution in [0.5, 0.6) is 0 Å². The maximum atomic E-state index is 13.3. The molecule has 8 aromatic rings. The van der Waals surface area contributed by atoms with Gasteiger partial charge in [0.2, 0.25) is 0 Å². The lowest BCUT2D eigenvalue weighted by molar-refractivity contribution is 0.0998. The van der Waals surface area contributed by atoms with E-state index in [9.17, 15) is 9.59 Å². The van der Waals surface area contributed by atoms with Gasteiger partial charge < -0.3 is 11.5 Å². The van der Waals surface area contributed by atoms with E-state index in [2.05, 4.69) is 60.7 Å². The smallest absolute Gasteiger partial charge is 0.263 e. The molecule has 6 nitrogen and oxygen atoms in total. The number of hydrogen-bond donors (Lipinski definition) is 2. The fourth-order valence-corrected chi connectivity index (χ4v) is 7.91. The van der Waals surface area contributed by atoms with Gasteiger partial charge >= 0.3 is 0 Å². The zero-order valence-electron chi connectivity index (χ0n) is 30.9. The Balaban J connectivity index is 0.000000150. The van der Waals surface area contributed by atoms with Crippen molar-refractivity contribution >= 4 is 103 Å². The Hall–Kier alpha value is -7.12. The molecular formula is C50H34Cl2N4O2. The topological polar surface area (TPSA) is 92.7 Å². The number of nitrogens with zero attached hydrogens (tertiary/aromatic N) is 2. The molecule has 0 aromatic heterocycles. The summed E-state index contributed by atoms with van der Waals surface area (Å²) in [6.07, 6.45) is 4.05. The highest BCUT2D eigenvalue weighted by Crippen LogP contribution is 2.43. The number of rotatable bonds is 4. The van der Waals surface area contributed by atoms with Crippen molar-refractivity contribution in [2.75, 3.05) is 21.3 Å². The lowest BCUT2D eigenvalue weighted by atomic mass is 10.0. The Kier molecular flexibility index (Phi) is 9.50. The summed E-state index contributed by atoms with van der Waals surface area (Å²) in [5.74, 6) is -0.219. The summed E-state index contributed by atoms with van der Waals surface area (Å²) in [5.41, 5.74) is 21.3. The van der Waals surface area contributed by atoms with Crippen molar-refractivity contribution in [3.8, 4) is 0 Å². The van der Waals surface area contributed by atoms with E-state index in [0.29, 0.717) is 43.9 Å². The van der Waals surface area contributed by atoms with E-state index in [4.69, 9.17) is 34.7 Å². The SMILES string of the molecule is Nc1ccc(Cl)cc1N1C(=O)c2ccccc2/C1=C/c1ccc2ccccc2c1.Nc1ccc(Cl)cc1N1C(=O)c2ccccc2/C1=C\c1ccc2ccccc2c1. The van der Waals surface area contributed by atoms with Crippen molar-refractivity contribution in [1.29, 1.82) is 0 Å².